The van der Waals surface area contributed by atoms with Crippen molar-refractivity contribution in [2.45, 2.75) is 18.3 Å². The lowest BCUT2D eigenvalue weighted by molar-refractivity contribution is -0.274. The maximum absolute atomic E-state index is 13.0. The Labute approximate surface area is 173 Å². The summed E-state index contributed by atoms with van der Waals surface area (Å²) in [5, 5.41) is 7.84. The van der Waals surface area contributed by atoms with Crippen molar-refractivity contribution in [1.29, 1.82) is 0 Å². The summed E-state index contributed by atoms with van der Waals surface area (Å²) in [7, 11) is -4.32. The highest BCUT2D eigenvalue weighted by atomic mass is 32.2. The number of nitrogens with zero attached hydrogens (tertiary/aromatic N) is 1. The number of aromatic nitrogens is 2. The van der Waals surface area contributed by atoms with Gasteiger partial charge >= 0.3 is 6.36 Å². The van der Waals surface area contributed by atoms with Crippen LogP contribution in [0.5, 0.6) is 5.75 Å². The van der Waals surface area contributed by atoms with E-state index in [2.05, 4.69) is 25.0 Å². The summed E-state index contributed by atoms with van der Waals surface area (Å²) < 4.78 is 81.0. The molecular formula is C18H14F4N4O4S. The molecule has 0 saturated carbocycles. The van der Waals surface area contributed by atoms with E-state index in [4.69, 9.17) is 0 Å². The van der Waals surface area contributed by atoms with Crippen molar-refractivity contribution in [2.24, 2.45) is 0 Å². The molecule has 1 heterocycles. The highest BCUT2D eigenvalue weighted by Crippen LogP contribution is 2.25. The van der Waals surface area contributed by atoms with Gasteiger partial charge in [0.25, 0.3) is 15.9 Å². The zero-order valence-corrected chi connectivity index (χ0v) is 16.4. The summed E-state index contributed by atoms with van der Waals surface area (Å²) in [6.07, 6.45) is -4.86. The molecule has 1 amide bonds. The van der Waals surface area contributed by atoms with Gasteiger partial charge in [-0.05, 0) is 55.5 Å². The first-order valence-electron chi connectivity index (χ1n) is 8.45. The van der Waals surface area contributed by atoms with Crippen LogP contribution < -0.4 is 14.8 Å². The van der Waals surface area contributed by atoms with Crippen molar-refractivity contribution >= 4 is 27.3 Å². The van der Waals surface area contributed by atoms with E-state index < -0.39 is 38.9 Å². The van der Waals surface area contributed by atoms with Crippen LogP contribution in [0.2, 0.25) is 0 Å². The molecule has 0 bridgehead atoms. The molecule has 0 aliphatic carbocycles. The number of ether oxygens (including phenoxy) is 1. The molecular weight excluding hydrogens is 444 g/mol. The van der Waals surface area contributed by atoms with E-state index in [9.17, 15) is 30.8 Å². The number of hydrogen-bond acceptors (Lipinski definition) is 5. The predicted octanol–water partition coefficient (Wildman–Crippen LogP) is 3.81. The monoisotopic (exact) mass is 458 g/mol. The largest absolute Gasteiger partial charge is 0.573 e. The van der Waals surface area contributed by atoms with Gasteiger partial charge in [0.05, 0.1) is 0 Å². The maximum Gasteiger partial charge on any atom is 0.573 e. The molecule has 1 aromatic heterocycles. The van der Waals surface area contributed by atoms with Crippen LogP contribution in [0.4, 0.5) is 28.9 Å². The van der Waals surface area contributed by atoms with Crippen molar-refractivity contribution in [2.75, 3.05) is 10.0 Å². The van der Waals surface area contributed by atoms with Crippen LogP contribution in [0, 0.1) is 12.7 Å². The number of alkyl halides is 3. The Morgan fingerprint density at radius 1 is 1.03 bits per heavy atom. The molecule has 3 rings (SSSR count). The van der Waals surface area contributed by atoms with Crippen LogP contribution in [-0.4, -0.2) is 30.9 Å². The van der Waals surface area contributed by atoms with Crippen LogP contribution in [-0.2, 0) is 10.0 Å². The van der Waals surface area contributed by atoms with Crippen molar-refractivity contribution in [3.63, 3.8) is 0 Å². The number of anilines is 2. The number of rotatable bonds is 6. The number of hydrogen-bond donors (Lipinski definition) is 3. The lowest BCUT2D eigenvalue weighted by Crippen LogP contribution is -2.20. The van der Waals surface area contributed by atoms with Gasteiger partial charge in [-0.1, -0.05) is 0 Å². The van der Waals surface area contributed by atoms with Gasteiger partial charge in [-0.3, -0.25) is 14.6 Å². The normalized spacial score (nSPS) is 11.8. The number of sulfonamides is 1. The van der Waals surface area contributed by atoms with E-state index in [0.29, 0.717) is 0 Å². The lowest BCUT2D eigenvalue weighted by atomic mass is 10.2. The Bertz CT molecular complexity index is 1190. The third-order valence-corrected chi connectivity index (χ3v) is 5.15. The molecule has 164 valence electrons. The van der Waals surface area contributed by atoms with Crippen LogP contribution in [0.3, 0.4) is 0 Å². The molecule has 0 unspecified atom stereocenters. The molecule has 0 aliphatic heterocycles. The minimum atomic E-state index is -4.86. The molecule has 0 atom stereocenters. The van der Waals surface area contributed by atoms with Gasteiger partial charge < -0.3 is 10.1 Å². The number of amides is 1. The Morgan fingerprint density at radius 2 is 1.61 bits per heavy atom. The second kappa shape index (κ2) is 8.26. The number of nitrogens with one attached hydrogen (secondary N) is 3. The van der Waals surface area contributed by atoms with Gasteiger partial charge in [-0.15, -0.1) is 13.2 Å². The van der Waals surface area contributed by atoms with Gasteiger partial charge in [0.15, 0.2) is 0 Å². The highest BCUT2D eigenvalue weighted by Gasteiger charge is 2.31. The summed E-state index contributed by atoms with van der Waals surface area (Å²) in [6.45, 7) is 1.42. The fourth-order valence-corrected chi connectivity index (χ4v) is 3.75. The Kier molecular flexibility index (Phi) is 5.88. The molecule has 3 aromatic rings. The third kappa shape index (κ3) is 5.51. The lowest BCUT2D eigenvalue weighted by Gasteiger charge is -2.11. The van der Waals surface area contributed by atoms with E-state index >= 15 is 0 Å². The first-order chi connectivity index (χ1) is 14.4. The number of carbonyl (C=O) groups is 1. The average Bonchev–Trinajstić information content (AvgIpc) is 3.06. The van der Waals surface area contributed by atoms with E-state index in [0.717, 1.165) is 36.4 Å². The number of benzene rings is 2. The first kappa shape index (κ1) is 22.1. The molecule has 0 fully saturated rings. The highest BCUT2D eigenvalue weighted by molar-refractivity contribution is 7.92. The van der Waals surface area contributed by atoms with Crippen molar-refractivity contribution in [1.82, 2.24) is 10.2 Å². The summed E-state index contributed by atoms with van der Waals surface area (Å²) in [5.74, 6) is -1.92. The summed E-state index contributed by atoms with van der Waals surface area (Å²) in [5.41, 5.74) is -0.0251. The molecule has 0 radical (unpaired) electrons. The number of H-pyrrole nitrogens is 1. The predicted molar refractivity (Wildman–Crippen MR) is 102 cm³/mol. The molecule has 0 aliphatic rings. The van der Waals surface area contributed by atoms with E-state index in [1.807, 2.05) is 0 Å². The smallest absolute Gasteiger partial charge is 0.406 e. The molecule has 31 heavy (non-hydrogen) atoms. The minimum absolute atomic E-state index is 0.0497. The number of aryl methyl sites for hydroxylation is 1. The van der Waals surface area contributed by atoms with Crippen molar-refractivity contribution < 1.29 is 35.5 Å². The van der Waals surface area contributed by atoms with Crippen molar-refractivity contribution in [3.8, 4) is 5.75 Å². The van der Waals surface area contributed by atoms with Gasteiger partial charge in [0, 0.05) is 17.1 Å². The van der Waals surface area contributed by atoms with Crippen LogP contribution in [0.25, 0.3) is 0 Å². The zero-order chi connectivity index (χ0) is 22.8. The van der Waals surface area contributed by atoms with Gasteiger partial charge in [-0.2, -0.15) is 13.5 Å². The average molecular weight is 458 g/mol. The number of aromatic amines is 1. The minimum Gasteiger partial charge on any atom is -0.406 e. The van der Waals surface area contributed by atoms with Gasteiger partial charge in [-0.25, -0.2) is 4.39 Å². The van der Waals surface area contributed by atoms with Crippen LogP contribution in [0.1, 0.15) is 16.1 Å². The molecule has 3 N–H and O–H groups in total. The zero-order valence-electron chi connectivity index (χ0n) is 15.6. The Hall–Kier alpha value is -3.61. The second-order valence-corrected chi connectivity index (χ2v) is 7.77. The molecule has 8 nitrogen and oxygen atoms in total. The Balaban J connectivity index is 1.81. The standard InChI is InChI=1S/C18H14F4N4O4S/c1-10-15(16(27)23-12-6-8-14(9-7-12)30-18(20,21)22)17(25-24-10)31(28,29)26-13-4-2-11(19)3-5-13/h2-9,26H,1H3,(H,23,27)(H,24,25). The summed E-state index contributed by atoms with van der Waals surface area (Å²) in [4.78, 5) is 12.7. The quantitative estimate of drug-likeness (QED) is 0.486. The van der Waals surface area contributed by atoms with E-state index in [1.165, 1.54) is 19.1 Å². The van der Waals surface area contributed by atoms with Gasteiger partial charge in [0.2, 0.25) is 5.03 Å². The number of halogens is 4. The first-order valence-corrected chi connectivity index (χ1v) is 9.93. The van der Waals surface area contributed by atoms with E-state index in [-0.39, 0.29) is 22.6 Å². The Morgan fingerprint density at radius 3 is 2.19 bits per heavy atom. The molecule has 0 spiro atoms. The molecule has 2 aromatic carbocycles. The molecule has 13 heteroatoms. The molecule has 0 saturated heterocycles. The van der Waals surface area contributed by atoms with Crippen LogP contribution in [0.15, 0.2) is 53.6 Å². The maximum atomic E-state index is 13.0. The third-order valence-electron chi connectivity index (χ3n) is 3.84. The summed E-state index contributed by atoms with van der Waals surface area (Å²) >= 11 is 0. The van der Waals surface area contributed by atoms with Crippen LogP contribution >= 0.6 is 0 Å². The van der Waals surface area contributed by atoms with E-state index in [1.54, 1.807) is 0 Å². The van der Waals surface area contributed by atoms with Gasteiger partial charge in [0.1, 0.15) is 17.1 Å². The topological polar surface area (TPSA) is 113 Å². The van der Waals surface area contributed by atoms with Crippen molar-refractivity contribution in [3.05, 3.63) is 65.6 Å². The number of carbonyl (C=O) groups excluding carboxylic acids is 1. The fourth-order valence-electron chi connectivity index (χ4n) is 2.52. The SMILES string of the molecule is Cc1[nH]nc(S(=O)(=O)Nc2ccc(F)cc2)c1C(=O)Nc1ccc(OC(F)(F)F)cc1. The fraction of sp³-hybridized carbons (Fsp3) is 0.111. The second-order valence-electron chi connectivity index (χ2n) is 6.17. The summed E-state index contributed by atoms with van der Waals surface area (Å²) in [6, 6.07) is 8.76.